The van der Waals surface area contributed by atoms with E-state index in [4.69, 9.17) is 0 Å². The Balaban J connectivity index is 1.28. The van der Waals surface area contributed by atoms with Gasteiger partial charge in [0.05, 0.1) is 17.9 Å². The molecule has 4 rings (SSSR count). The lowest BCUT2D eigenvalue weighted by Crippen LogP contribution is -2.52. The van der Waals surface area contributed by atoms with E-state index in [-0.39, 0.29) is 17.7 Å². The maximum absolute atomic E-state index is 13.2. The summed E-state index contributed by atoms with van der Waals surface area (Å²) in [6, 6.07) is 7.59. The number of amides is 3. The summed E-state index contributed by atoms with van der Waals surface area (Å²) >= 11 is 1.46. The molecule has 3 heterocycles. The van der Waals surface area contributed by atoms with E-state index >= 15 is 0 Å². The fourth-order valence-electron chi connectivity index (χ4n) is 4.68. The number of hydrogen-bond acceptors (Lipinski definition) is 5. The lowest BCUT2D eigenvalue weighted by atomic mass is 10.1. The molecule has 0 atom stereocenters. The molecule has 0 saturated carbocycles. The minimum absolute atomic E-state index is 0.0173. The van der Waals surface area contributed by atoms with Crippen LogP contribution in [-0.4, -0.2) is 102 Å². The molecule has 0 aliphatic carbocycles. The van der Waals surface area contributed by atoms with Crippen LogP contribution in [0.15, 0.2) is 29.2 Å². The molecule has 3 saturated heterocycles. The Labute approximate surface area is 195 Å². The lowest BCUT2D eigenvalue weighted by molar-refractivity contribution is -0.133. The predicted octanol–water partition coefficient (Wildman–Crippen LogP) is 2.17. The molecule has 0 radical (unpaired) electrons. The van der Waals surface area contributed by atoms with Crippen molar-refractivity contribution in [1.82, 2.24) is 19.6 Å². The molecule has 3 aliphatic heterocycles. The third kappa shape index (κ3) is 5.84. The first-order valence-electron chi connectivity index (χ1n) is 11.9. The molecular formula is C24H34N4O3S. The number of piperidine rings is 1. The Morgan fingerprint density at radius 3 is 1.97 bits per heavy atom. The summed E-state index contributed by atoms with van der Waals surface area (Å²) in [5.74, 6) is 0.760. The number of nitrogens with zero attached hydrogens (tertiary/aromatic N) is 4. The molecule has 3 amide bonds. The quantitative estimate of drug-likeness (QED) is 0.612. The second-order valence-electron chi connectivity index (χ2n) is 8.88. The molecule has 8 heteroatoms. The Kier molecular flexibility index (Phi) is 8.08. The standard InChI is InChI=1S/C24H34N4O3S/c29-22(26-10-4-1-5-11-26)18-25-14-16-28(17-15-25)24(31)20-8-2-3-9-21(20)32-19-23(30)27-12-6-7-13-27/h2-3,8-9H,1,4-7,10-19H2. The molecule has 1 aromatic carbocycles. The molecule has 0 N–H and O–H groups in total. The average Bonchev–Trinajstić information content (AvgIpc) is 3.38. The minimum atomic E-state index is 0.0173. The van der Waals surface area contributed by atoms with Crippen molar-refractivity contribution in [2.24, 2.45) is 0 Å². The van der Waals surface area contributed by atoms with Gasteiger partial charge in [0.2, 0.25) is 11.8 Å². The van der Waals surface area contributed by atoms with Gasteiger partial charge in [-0.05, 0) is 44.2 Å². The van der Waals surface area contributed by atoms with E-state index in [0.29, 0.717) is 44.0 Å². The minimum Gasteiger partial charge on any atom is -0.342 e. The van der Waals surface area contributed by atoms with Crippen LogP contribution in [0.1, 0.15) is 42.5 Å². The number of likely N-dealkylation sites (tertiary alicyclic amines) is 2. The van der Waals surface area contributed by atoms with Gasteiger partial charge in [0.25, 0.3) is 5.91 Å². The zero-order valence-electron chi connectivity index (χ0n) is 18.8. The molecular weight excluding hydrogens is 424 g/mol. The second-order valence-corrected chi connectivity index (χ2v) is 9.90. The van der Waals surface area contributed by atoms with Gasteiger partial charge in [0.1, 0.15) is 0 Å². The van der Waals surface area contributed by atoms with E-state index in [0.717, 1.165) is 56.8 Å². The number of rotatable bonds is 6. The van der Waals surface area contributed by atoms with Crippen LogP contribution in [0.4, 0.5) is 0 Å². The summed E-state index contributed by atoms with van der Waals surface area (Å²) < 4.78 is 0. The highest BCUT2D eigenvalue weighted by molar-refractivity contribution is 8.00. The maximum atomic E-state index is 13.2. The van der Waals surface area contributed by atoms with E-state index in [1.807, 2.05) is 39.0 Å². The van der Waals surface area contributed by atoms with Crippen LogP contribution in [0.3, 0.4) is 0 Å². The first-order chi connectivity index (χ1) is 15.6. The van der Waals surface area contributed by atoms with Gasteiger partial charge < -0.3 is 14.7 Å². The summed E-state index contributed by atoms with van der Waals surface area (Å²) in [5.41, 5.74) is 0.671. The zero-order chi connectivity index (χ0) is 22.3. The Hall–Kier alpha value is -2.06. The monoisotopic (exact) mass is 458 g/mol. The highest BCUT2D eigenvalue weighted by Crippen LogP contribution is 2.25. The average molecular weight is 459 g/mol. The van der Waals surface area contributed by atoms with Gasteiger partial charge in [-0.2, -0.15) is 0 Å². The van der Waals surface area contributed by atoms with Crippen molar-refractivity contribution in [2.45, 2.75) is 37.0 Å². The van der Waals surface area contributed by atoms with Crippen LogP contribution < -0.4 is 0 Å². The van der Waals surface area contributed by atoms with Crippen LogP contribution >= 0.6 is 11.8 Å². The molecule has 0 spiro atoms. The van der Waals surface area contributed by atoms with Crippen molar-refractivity contribution < 1.29 is 14.4 Å². The van der Waals surface area contributed by atoms with Crippen LogP contribution in [0.25, 0.3) is 0 Å². The van der Waals surface area contributed by atoms with Crippen molar-refractivity contribution in [3.8, 4) is 0 Å². The van der Waals surface area contributed by atoms with Gasteiger partial charge in [-0.25, -0.2) is 0 Å². The number of piperazine rings is 1. The first kappa shape index (κ1) is 23.1. The van der Waals surface area contributed by atoms with E-state index < -0.39 is 0 Å². The smallest absolute Gasteiger partial charge is 0.255 e. The molecule has 3 fully saturated rings. The van der Waals surface area contributed by atoms with Gasteiger partial charge >= 0.3 is 0 Å². The normalized spacial score (nSPS) is 19.9. The zero-order valence-corrected chi connectivity index (χ0v) is 19.7. The third-order valence-electron chi connectivity index (χ3n) is 6.65. The lowest BCUT2D eigenvalue weighted by Gasteiger charge is -2.36. The Morgan fingerprint density at radius 1 is 0.688 bits per heavy atom. The van der Waals surface area contributed by atoms with E-state index in [9.17, 15) is 14.4 Å². The van der Waals surface area contributed by atoms with Crippen LogP contribution in [0.2, 0.25) is 0 Å². The van der Waals surface area contributed by atoms with Gasteiger partial charge in [-0.1, -0.05) is 12.1 Å². The van der Waals surface area contributed by atoms with Crippen LogP contribution in [0.5, 0.6) is 0 Å². The SMILES string of the molecule is O=C(CSc1ccccc1C(=O)N1CCN(CC(=O)N2CCCCC2)CC1)N1CCCC1. The van der Waals surface area contributed by atoms with Crippen molar-refractivity contribution in [3.05, 3.63) is 29.8 Å². The van der Waals surface area contributed by atoms with Gasteiger partial charge in [-0.3, -0.25) is 19.3 Å². The van der Waals surface area contributed by atoms with Crippen molar-refractivity contribution >= 4 is 29.5 Å². The second kappa shape index (κ2) is 11.2. The molecule has 0 unspecified atom stereocenters. The van der Waals surface area contributed by atoms with Gasteiger partial charge in [0.15, 0.2) is 0 Å². The Morgan fingerprint density at radius 2 is 1.28 bits per heavy atom. The number of carbonyl (C=O) groups is 3. The van der Waals surface area contributed by atoms with Crippen LogP contribution in [0, 0.1) is 0 Å². The molecule has 7 nitrogen and oxygen atoms in total. The maximum Gasteiger partial charge on any atom is 0.255 e. The van der Waals surface area contributed by atoms with Crippen molar-refractivity contribution in [3.63, 3.8) is 0 Å². The van der Waals surface area contributed by atoms with E-state index in [1.54, 1.807) is 0 Å². The third-order valence-corrected chi connectivity index (χ3v) is 7.71. The fraction of sp³-hybridized carbons (Fsp3) is 0.625. The largest absolute Gasteiger partial charge is 0.342 e. The fourth-order valence-corrected chi connectivity index (χ4v) is 5.63. The number of hydrogen-bond donors (Lipinski definition) is 0. The first-order valence-corrected chi connectivity index (χ1v) is 12.9. The summed E-state index contributed by atoms with van der Waals surface area (Å²) in [5, 5.41) is 0. The summed E-state index contributed by atoms with van der Waals surface area (Å²) in [6.45, 7) is 6.60. The summed E-state index contributed by atoms with van der Waals surface area (Å²) in [6.07, 6.45) is 5.60. The van der Waals surface area contributed by atoms with Gasteiger partial charge in [-0.15, -0.1) is 11.8 Å². The predicted molar refractivity (Wildman–Crippen MR) is 126 cm³/mol. The number of thioether (sulfide) groups is 1. The number of benzene rings is 1. The van der Waals surface area contributed by atoms with E-state index in [1.165, 1.54) is 18.2 Å². The van der Waals surface area contributed by atoms with Gasteiger partial charge in [0, 0.05) is 57.3 Å². The molecule has 1 aromatic rings. The molecule has 3 aliphatic rings. The van der Waals surface area contributed by atoms with E-state index in [2.05, 4.69) is 4.90 Å². The molecule has 0 bridgehead atoms. The molecule has 174 valence electrons. The summed E-state index contributed by atoms with van der Waals surface area (Å²) in [7, 11) is 0. The molecule has 32 heavy (non-hydrogen) atoms. The molecule has 0 aromatic heterocycles. The summed E-state index contributed by atoms with van der Waals surface area (Å²) in [4.78, 5) is 47.0. The Bertz CT molecular complexity index is 813. The topological polar surface area (TPSA) is 64.2 Å². The van der Waals surface area contributed by atoms with Crippen molar-refractivity contribution in [1.29, 1.82) is 0 Å². The number of carbonyl (C=O) groups excluding carboxylic acids is 3. The van der Waals surface area contributed by atoms with Crippen LogP contribution in [-0.2, 0) is 9.59 Å². The van der Waals surface area contributed by atoms with Crippen molar-refractivity contribution in [2.75, 3.05) is 64.7 Å². The highest BCUT2D eigenvalue weighted by atomic mass is 32.2. The highest BCUT2D eigenvalue weighted by Gasteiger charge is 2.27.